The smallest absolute Gasteiger partial charge is 0.236 e. The summed E-state index contributed by atoms with van der Waals surface area (Å²) in [5.74, 6) is 0.125. The number of hydrogen-bond donors (Lipinski definition) is 1. The van der Waals surface area contributed by atoms with Crippen LogP contribution in [0.3, 0.4) is 0 Å². The fraction of sp³-hybridized carbons (Fsp3) is 0.394. The Morgan fingerprint density at radius 3 is 2.07 bits per heavy atom. The molecule has 4 rings (SSSR count). The fourth-order valence-electron chi connectivity index (χ4n) is 5.48. The molecule has 3 unspecified atom stereocenters. The number of ether oxygens (including phenoxy) is 2. The van der Waals surface area contributed by atoms with E-state index in [2.05, 4.69) is 37.9 Å². The molecule has 0 aliphatic carbocycles. The number of hydrogen-bond acceptors (Lipinski definition) is 5. The summed E-state index contributed by atoms with van der Waals surface area (Å²) >= 11 is 0. The zero-order chi connectivity index (χ0) is 30.3. The van der Waals surface area contributed by atoms with Crippen molar-refractivity contribution in [2.24, 2.45) is 5.73 Å². The van der Waals surface area contributed by atoms with Gasteiger partial charge >= 0.3 is 0 Å². The van der Waals surface area contributed by atoms with Crippen LogP contribution in [0, 0.1) is 0 Å². The van der Waals surface area contributed by atoms with Gasteiger partial charge < -0.3 is 15.2 Å². The highest BCUT2D eigenvalue weighted by Gasteiger charge is 2.46. The number of benzene rings is 3. The molecule has 222 valence electrons. The van der Waals surface area contributed by atoms with Crippen LogP contribution in [-0.4, -0.2) is 54.3 Å². The van der Waals surface area contributed by atoms with Gasteiger partial charge in [0, 0.05) is 26.8 Å². The first-order valence-corrected chi connectivity index (χ1v) is 18.1. The van der Waals surface area contributed by atoms with Gasteiger partial charge in [0.2, 0.25) is 5.91 Å². The lowest BCUT2D eigenvalue weighted by Crippen LogP contribution is -2.51. The maximum absolute atomic E-state index is 13.7. The predicted molar refractivity (Wildman–Crippen MR) is 175 cm³/mol. The Morgan fingerprint density at radius 1 is 0.976 bits per heavy atom. The summed E-state index contributed by atoms with van der Waals surface area (Å²) in [4.78, 5) is 26.0. The Balaban J connectivity index is 1.42. The second kappa shape index (κ2) is 14.6. The molecule has 6 nitrogen and oxygen atoms in total. The number of ketones is 1. The van der Waals surface area contributed by atoms with E-state index in [1.54, 1.807) is 7.11 Å². The van der Waals surface area contributed by atoms with Crippen LogP contribution in [0.15, 0.2) is 72.8 Å². The Kier molecular flexibility index (Phi) is 11.2. The minimum atomic E-state index is -1.40. The molecule has 0 radical (unpaired) electrons. The second-order valence-electron chi connectivity index (χ2n) is 11.2. The lowest BCUT2D eigenvalue weighted by molar-refractivity contribution is -0.122. The third-order valence-corrected chi connectivity index (χ3v) is 14.2. The Hall–Kier alpha value is -2.80. The molecule has 2 N–H and O–H groups in total. The highest BCUT2D eigenvalue weighted by atomic mass is 32.7. The minimum absolute atomic E-state index is 0.190. The summed E-state index contributed by atoms with van der Waals surface area (Å²) in [6.07, 6.45) is 2.74. The van der Waals surface area contributed by atoms with Crippen LogP contribution in [0.5, 0.6) is 5.75 Å². The predicted octanol–water partition coefficient (Wildman–Crippen LogP) is 4.82. The molecule has 1 saturated heterocycles. The summed E-state index contributed by atoms with van der Waals surface area (Å²) in [5.41, 5.74) is 10.1. The molecule has 0 aromatic heterocycles. The average Bonchev–Trinajstić information content (AvgIpc) is 3.01. The van der Waals surface area contributed by atoms with Gasteiger partial charge in [0.15, 0.2) is 6.71 Å². The van der Waals surface area contributed by atoms with Gasteiger partial charge in [-0.3, -0.25) is 13.8 Å². The van der Waals surface area contributed by atoms with Crippen LogP contribution in [0.25, 0.3) is 0 Å². The zero-order valence-corrected chi connectivity index (χ0v) is 26.7. The summed E-state index contributed by atoms with van der Waals surface area (Å²) in [6.45, 7) is 7.51. The Labute approximate surface area is 253 Å². The number of carbonyl (C=O) groups is 2. The van der Waals surface area contributed by atoms with Crippen LogP contribution in [0.4, 0.5) is 0 Å². The van der Waals surface area contributed by atoms with E-state index in [1.165, 1.54) is 5.46 Å². The first kappa shape index (κ1) is 32.1. The lowest BCUT2D eigenvalue weighted by atomic mass is 9.49. The van der Waals surface area contributed by atoms with Gasteiger partial charge in [-0.25, -0.2) is 0 Å². The normalized spacial score (nSPS) is 16.7. The van der Waals surface area contributed by atoms with Crippen LogP contribution in [0.2, 0.25) is 13.6 Å². The van der Waals surface area contributed by atoms with Gasteiger partial charge in [-0.1, -0.05) is 79.8 Å². The molecule has 1 aliphatic rings. The Bertz CT molecular complexity index is 1370. The minimum Gasteiger partial charge on any atom is -0.497 e. The zero-order valence-electron chi connectivity index (χ0n) is 25.0. The van der Waals surface area contributed by atoms with Crippen molar-refractivity contribution in [3.63, 3.8) is 0 Å². The van der Waals surface area contributed by atoms with E-state index in [-0.39, 0.29) is 11.7 Å². The number of nitrogens with two attached hydrogens (primary N) is 1. The number of methoxy groups -OCH3 is 1. The quantitative estimate of drug-likeness (QED) is 0.223. The van der Waals surface area contributed by atoms with Gasteiger partial charge in [-0.2, -0.15) is 0 Å². The molecule has 1 heterocycles. The second-order valence-corrected chi connectivity index (χ2v) is 16.7. The average molecular weight is 606 g/mol. The summed E-state index contributed by atoms with van der Waals surface area (Å²) < 4.78 is 23.2. The molecule has 1 fully saturated rings. The molecule has 1 aliphatic heterocycles. The molecule has 0 saturated carbocycles. The van der Waals surface area contributed by atoms with E-state index in [1.807, 2.05) is 55.2 Å². The largest absolute Gasteiger partial charge is 0.497 e. The van der Waals surface area contributed by atoms with Crippen molar-refractivity contribution in [2.45, 2.75) is 56.4 Å². The molecule has 3 aromatic carbocycles. The molecule has 3 atom stereocenters. The van der Waals surface area contributed by atoms with Crippen molar-refractivity contribution in [1.29, 1.82) is 0 Å². The number of Topliss-reactive ketones (excluding diaryl/α,β-unsaturated/α-hetero) is 1. The van der Waals surface area contributed by atoms with Gasteiger partial charge in [-0.15, -0.1) is 0 Å². The molecular formula is C33H41BNO5PS. The number of rotatable bonds is 13. The van der Waals surface area contributed by atoms with E-state index in [4.69, 9.17) is 15.2 Å². The highest BCUT2D eigenvalue weighted by molar-refractivity contribution is 8.49. The van der Waals surface area contributed by atoms with Crippen molar-refractivity contribution in [3.8, 4) is 5.75 Å². The van der Waals surface area contributed by atoms with E-state index >= 15 is 0 Å². The summed E-state index contributed by atoms with van der Waals surface area (Å²) in [5, 5.41) is 0.972. The standard InChI is InChI=1S/C33H41BNO5PS/c1-34(2)27-14-10-25(11-15-27)31(26-12-16-28(39-3)17-13-26)30(36)7-5-6-24-8-18-29(19-9-24)41(4)42(38)33(32(35)37)20-22-40-23-21-33/h8-19,31H,5-7,20-23H2,1-4H3,(H2,35,37). The van der Waals surface area contributed by atoms with Crippen molar-refractivity contribution >= 4 is 46.7 Å². The van der Waals surface area contributed by atoms with Crippen LogP contribution in [0.1, 0.15) is 48.3 Å². The third-order valence-electron chi connectivity index (χ3n) is 8.23. The van der Waals surface area contributed by atoms with Crippen LogP contribution in [-0.2, 0) is 31.2 Å². The monoisotopic (exact) mass is 605 g/mol. The topological polar surface area (TPSA) is 95.7 Å². The lowest BCUT2D eigenvalue weighted by Gasteiger charge is -2.35. The van der Waals surface area contributed by atoms with E-state index in [9.17, 15) is 13.8 Å². The number of amides is 1. The van der Waals surface area contributed by atoms with Crippen molar-refractivity contribution in [3.05, 3.63) is 89.5 Å². The van der Waals surface area contributed by atoms with Crippen molar-refractivity contribution in [2.75, 3.05) is 27.0 Å². The molecule has 9 heteroatoms. The van der Waals surface area contributed by atoms with Gasteiger partial charge in [0.25, 0.3) is 0 Å². The SMILES string of the molecule is COc1ccc(C(C(=O)CCCc2ccc(P(C)S(=O)C3(C(N)=O)CCOCC3)cc2)c2ccc(B(C)C)cc2)cc1. The first-order valence-electron chi connectivity index (χ1n) is 14.5. The van der Waals surface area contributed by atoms with E-state index in [0.29, 0.717) is 39.2 Å². The Morgan fingerprint density at radius 2 is 1.55 bits per heavy atom. The molecule has 42 heavy (non-hydrogen) atoms. The fourth-order valence-corrected chi connectivity index (χ4v) is 10.8. The molecule has 0 bridgehead atoms. The summed E-state index contributed by atoms with van der Waals surface area (Å²) in [6, 6.07) is 24.3. The third kappa shape index (κ3) is 7.40. The van der Waals surface area contributed by atoms with E-state index in [0.717, 1.165) is 40.6 Å². The number of carbonyl (C=O) groups excluding carboxylic acids is 2. The molecular weight excluding hydrogens is 564 g/mol. The summed E-state index contributed by atoms with van der Waals surface area (Å²) in [7, 11) is -0.855. The molecule has 3 aromatic rings. The maximum atomic E-state index is 13.7. The van der Waals surface area contributed by atoms with Crippen molar-refractivity contribution < 1.29 is 23.3 Å². The van der Waals surface area contributed by atoms with Gasteiger partial charge in [0.1, 0.15) is 16.3 Å². The first-order chi connectivity index (χ1) is 20.2. The van der Waals surface area contributed by atoms with Crippen LogP contribution < -0.4 is 21.2 Å². The van der Waals surface area contributed by atoms with Crippen LogP contribution >= 0.6 is 7.12 Å². The van der Waals surface area contributed by atoms with Crippen molar-refractivity contribution in [1.82, 2.24) is 0 Å². The number of primary amides is 1. The molecule has 0 spiro atoms. The van der Waals surface area contributed by atoms with Gasteiger partial charge in [0.05, 0.1) is 23.4 Å². The maximum Gasteiger partial charge on any atom is 0.236 e. The number of aryl methyl sites for hydroxylation is 1. The highest BCUT2D eigenvalue weighted by Crippen LogP contribution is 2.45. The van der Waals surface area contributed by atoms with E-state index < -0.39 is 28.2 Å². The van der Waals surface area contributed by atoms with Gasteiger partial charge in [-0.05, 0) is 66.5 Å². The molecule has 1 amide bonds.